The standard InChI is InChI=1S/C30H59NO6S/c1-3-5-7-9-11-13-15-17-19-21-23-25-29(33)30(34)31-27(26-38(35,36)37)28(32)24-22-20-18-16-14-12-10-8-6-4-2/h11,13,27-29,32-33H,3-10,12,14-26H2,1-2H3,(H,31,34)(H,35,36,37)/b13-11-. The number of aliphatic hydroxyl groups excluding tert-OH is 2. The van der Waals surface area contributed by atoms with Crippen molar-refractivity contribution in [3.8, 4) is 0 Å². The van der Waals surface area contributed by atoms with Crippen molar-refractivity contribution in [3.05, 3.63) is 12.2 Å². The van der Waals surface area contributed by atoms with Crippen molar-refractivity contribution in [2.75, 3.05) is 5.75 Å². The van der Waals surface area contributed by atoms with Gasteiger partial charge in [0.1, 0.15) is 6.10 Å². The minimum Gasteiger partial charge on any atom is -0.391 e. The Kier molecular flexibility index (Phi) is 24.4. The van der Waals surface area contributed by atoms with Crippen LogP contribution >= 0.6 is 0 Å². The highest BCUT2D eigenvalue weighted by Crippen LogP contribution is 2.14. The van der Waals surface area contributed by atoms with Crippen molar-refractivity contribution in [1.29, 1.82) is 0 Å². The molecule has 0 fully saturated rings. The number of carbonyl (C=O) groups is 1. The largest absolute Gasteiger partial charge is 0.391 e. The number of allylic oxidation sites excluding steroid dienone is 2. The fourth-order valence-electron chi connectivity index (χ4n) is 4.63. The molecule has 226 valence electrons. The highest BCUT2D eigenvalue weighted by atomic mass is 32.2. The summed E-state index contributed by atoms with van der Waals surface area (Å²) in [5.74, 6) is -1.47. The Morgan fingerprint density at radius 2 is 1.11 bits per heavy atom. The molecular formula is C30H59NO6S. The fourth-order valence-corrected chi connectivity index (χ4v) is 5.39. The number of rotatable bonds is 27. The molecule has 0 aromatic carbocycles. The van der Waals surface area contributed by atoms with E-state index in [1.54, 1.807) is 0 Å². The van der Waals surface area contributed by atoms with E-state index in [1.165, 1.54) is 57.8 Å². The Balaban J connectivity index is 4.20. The summed E-state index contributed by atoms with van der Waals surface area (Å²) in [7, 11) is -4.39. The zero-order chi connectivity index (χ0) is 28.5. The van der Waals surface area contributed by atoms with Gasteiger partial charge >= 0.3 is 0 Å². The van der Waals surface area contributed by atoms with E-state index >= 15 is 0 Å². The van der Waals surface area contributed by atoms with Gasteiger partial charge in [-0.3, -0.25) is 9.35 Å². The summed E-state index contributed by atoms with van der Waals surface area (Å²) in [6.07, 6.45) is 23.8. The third-order valence-corrected chi connectivity index (χ3v) is 7.86. The molecule has 0 aliphatic carbocycles. The third-order valence-electron chi connectivity index (χ3n) is 7.08. The van der Waals surface area contributed by atoms with Crippen LogP contribution in [0.15, 0.2) is 12.2 Å². The van der Waals surface area contributed by atoms with Crippen LogP contribution in [0.5, 0.6) is 0 Å². The van der Waals surface area contributed by atoms with Crippen molar-refractivity contribution >= 4 is 16.0 Å². The lowest BCUT2D eigenvalue weighted by molar-refractivity contribution is -0.131. The number of hydrogen-bond acceptors (Lipinski definition) is 5. The van der Waals surface area contributed by atoms with Crippen LogP contribution in [0.3, 0.4) is 0 Å². The first kappa shape index (κ1) is 37.0. The van der Waals surface area contributed by atoms with Gasteiger partial charge in [-0.25, -0.2) is 0 Å². The molecule has 3 unspecified atom stereocenters. The van der Waals surface area contributed by atoms with Crippen LogP contribution in [0.2, 0.25) is 0 Å². The molecule has 0 heterocycles. The van der Waals surface area contributed by atoms with Crippen molar-refractivity contribution in [3.63, 3.8) is 0 Å². The van der Waals surface area contributed by atoms with Gasteiger partial charge in [-0.15, -0.1) is 0 Å². The van der Waals surface area contributed by atoms with Crippen LogP contribution < -0.4 is 5.32 Å². The monoisotopic (exact) mass is 561 g/mol. The highest BCUT2D eigenvalue weighted by Gasteiger charge is 2.28. The molecule has 0 aromatic rings. The summed E-state index contributed by atoms with van der Waals surface area (Å²) in [4.78, 5) is 12.4. The summed E-state index contributed by atoms with van der Waals surface area (Å²) in [6, 6.07) is -1.14. The van der Waals surface area contributed by atoms with Gasteiger partial charge in [0.05, 0.1) is 17.9 Å². The molecule has 0 saturated carbocycles. The lowest BCUT2D eigenvalue weighted by atomic mass is 10.0. The first-order chi connectivity index (χ1) is 18.2. The number of hydrogen-bond donors (Lipinski definition) is 4. The van der Waals surface area contributed by atoms with Crippen LogP contribution in [0.4, 0.5) is 0 Å². The van der Waals surface area contributed by atoms with Crippen LogP contribution in [-0.2, 0) is 14.9 Å². The minimum atomic E-state index is -4.39. The van der Waals surface area contributed by atoms with E-state index in [9.17, 15) is 28.0 Å². The van der Waals surface area contributed by atoms with Crippen LogP contribution in [-0.4, -0.2) is 53.1 Å². The topological polar surface area (TPSA) is 124 Å². The molecule has 0 saturated heterocycles. The quantitative estimate of drug-likeness (QED) is 0.0493. The predicted molar refractivity (Wildman–Crippen MR) is 158 cm³/mol. The maximum Gasteiger partial charge on any atom is 0.266 e. The van der Waals surface area contributed by atoms with E-state index in [1.807, 2.05) is 0 Å². The summed E-state index contributed by atoms with van der Waals surface area (Å²) >= 11 is 0. The Morgan fingerprint density at radius 1 is 0.684 bits per heavy atom. The van der Waals surface area contributed by atoms with E-state index in [2.05, 4.69) is 31.3 Å². The van der Waals surface area contributed by atoms with Crippen LogP contribution in [0, 0.1) is 0 Å². The second-order valence-electron chi connectivity index (χ2n) is 10.9. The molecule has 38 heavy (non-hydrogen) atoms. The van der Waals surface area contributed by atoms with Crippen molar-refractivity contribution < 1.29 is 28.0 Å². The molecule has 0 radical (unpaired) electrons. The number of unbranched alkanes of at least 4 members (excludes halogenated alkanes) is 16. The summed E-state index contributed by atoms with van der Waals surface area (Å²) in [5.41, 5.74) is 0. The van der Waals surface area contributed by atoms with Gasteiger partial charge in [0.25, 0.3) is 10.1 Å². The van der Waals surface area contributed by atoms with E-state index in [-0.39, 0.29) is 6.42 Å². The van der Waals surface area contributed by atoms with E-state index in [4.69, 9.17) is 0 Å². The molecule has 4 N–H and O–H groups in total. The minimum absolute atomic E-state index is 0.284. The lowest BCUT2D eigenvalue weighted by Gasteiger charge is -2.24. The van der Waals surface area contributed by atoms with Crippen molar-refractivity contribution in [1.82, 2.24) is 5.32 Å². The maximum atomic E-state index is 12.4. The fraction of sp³-hybridized carbons (Fsp3) is 0.900. The molecule has 1 amide bonds. The van der Waals surface area contributed by atoms with Gasteiger partial charge in [0.15, 0.2) is 0 Å². The second kappa shape index (κ2) is 25.0. The number of carbonyl (C=O) groups excluding carboxylic acids is 1. The van der Waals surface area contributed by atoms with E-state index in [0.717, 1.165) is 51.4 Å². The molecule has 0 spiro atoms. The summed E-state index contributed by atoms with van der Waals surface area (Å²) in [5, 5.41) is 23.2. The molecule has 0 bridgehead atoms. The average Bonchev–Trinajstić information content (AvgIpc) is 2.86. The lowest BCUT2D eigenvalue weighted by Crippen LogP contribution is -2.50. The van der Waals surface area contributed by atoms with Gasteiger partial charge in [0.2, 0.25) is 5.91 Å². The van der Waals surface area contributed by atoms with Gasteiger partial charge in [-0.05, 0) is 38.5 Å². The molecule has 0 rings (SSSR count). The Hall–Kier alpha value is -0.960. The third kappa shape index (κ3) is 24.1. The summed E-state index contributed by atoms with van der Waals surface area (Å²) < 4.78 is 32.2. The normalized spacial score (nSPS) is 14.6. The zero-order valence-corrected chi connectivity index (χ0v) is 25.2. The van der Waals surface area contributed by atoms with Gasteiger partial charge < -0.3 is 15.5 Å². The molecule has 0 aliphatic rings. The van der Waals surface area contributed by atoms with Crippen LogP contribution in [0.25, 0.3) is 0 Å². The van der Waals surface area contributed by atoms with Gasteiger partial charge in [-0.1, -0.05) is 122 Å². The highest BCUT2D eigenvalue weighted by molar-refractivity contribution is 7.85. The first-order valence-corrected chi connectivity index (χ1v) is 17.1. The Labute approximate surface area is 234 Å². The first-order valence-electron chi connectivity index (χ1n) is 15.5. The summed E-state index contributed by atoms with van der Waals surface area (Å²) in [6.45, 7) is 4.41. The molecule has 0 aliphatic heterocycles. The number of aliphatic hydroxyl groups is 2. The zero-order valence-electron chi connectivity index (χ0n) is 24.4. The maximum absolute atomic E-state index is 12.4. The SMILES string of the molecule is CCCCC/C=C\CCCCCCC(O)C(=O)NC(CS(=O)(=O)O)C(O)CCCCCCCCCCCC. The van der Waals surface area contributed by atoms with Crippen LogP contribution in [0.1, 0.15) is 149 Å². The Morgan fingerprint density at radius 3 is 1.63 bits per heavy atom. The van der Waals surface area contributed by atoms with Gasteiger partial charge in [0, 0.05) is 0 Å². The smallest absolute Gasteiger partial charge is 0.266 e. The molecule has 3 atom stereocenters. The number of nitrogens with one attached hydrogen (secondary N) is 1. The molecule has 0 aromatic heterocycles. The van der Waals surface area contributed by atoms with E-state index < -0.39 is 40.0 Å². The van der Waals surface area contributed by atoms with E-state index in [0.29, 0.717) is 19.3 Å². The molecule has 7 nitrogen and oxygen atoms in total. The second-order valence-corrected chi connectivity index (χ2v) is 12.4. The van der Waals surface area contributed by atoms with Crippen molar-refractivity contribution in [2.45, 2.75) is 167 Å². The van der Waals surface area contributed by atoms with Crippen molar-refractivity contribution in [2.24, 2.45) is 0 Å². The number of amides is 1. The predicted octanol–water partition coefficient (Wildman–Crippen LogP) is 6.87. The average molecular weight is 562 g/mol. The Bertz CT molecular complexity index is 682. The molecular weight excluding hydrogens is 502 g/mol. The molecule has 8 heteroatoms. The van der Waals surface area contributed by atoms with Gasteiger partial charge in [-0.2, -0.15) is 8.42 Å².